The summed E-state index contributed by atoms with van der Waals surface area (Å²) >= 11 is 0. The fraction of sp³-hybridized carbons (Fsp3) is 0.889. The predicted octanol–water partition coefficient (Wildman–Crippen LogP) is 2.30. The summed E-state index contributed by atoms with van der Waals surface area (Å²) in [5, 5.41) is 0. The molecule has 0 saturated heterocycles. The zero-order valence-corrected chi connectivity index (χ0v) is 8.17. The number of hydrogen-bond donors (Lipinski definition) is 1. The molecule has 0 aliphatic heterocycles. The number of nitrogens with two attached hydrogens (primary N) is 1. The first-order valence-corrected chi connectivity index (χ1v) is 4.57. The van der Waals surface area contributed by atoms with E-state index in [4.69, 9.17) is 10.5 Å². The summed E-state index contributed by atoms with van der Waals surface area (Å²) in [7, 11) is 0. The van der Waals surface area contributed by atoms with Crippen molar-refractivity contribution < 1.29 is 9.53 Å². The molecular formula is C9H19NO2. The Morgan fingerprint density at radius 3 is 2.42 bits per heavy atom. The van der Waals surface area contributed by atoms with Gasteiger partial charge in [0.25, 0.3) is 0 Å². The molecule has 2 N–H and O–H groups in total. The Kier molecular flexibility index (Phi) is 5.51. The van der Waals surface area contributed by atoms with Crippen LogP contribution in [0.2, 0.25) is 0 Å². The van der Waals surface area contributed by atoms with Crippen LogP contribution in [0.15, 0.2) is 0 Å². The van der Waals surface area contributed by atoms with Gasteiger partial charge in [0.2, 0.25) is 0 Å². The Labute approximate surface area is 74.3 Å². The van der Waals surface area contributed by atoms with E-state index in [0.29, 0.717) is 5.92 Å². The first kappa shape index (κ1) is 11.3. The van der Waals surface area contributed by atoms with Gasteiger partial charge >= 0.3 is 6.09 Å². The maximum atomic E-state index is 10.4. The van der Waals surface area contributed by atoms with E-state index in [1.807, 2.05) is 6.92 Å². The molecule has 0 spiro atoms. The van der Waals surface area contributed by atoms with Crippen LogP contribution in [0.25, 0.3) is 0 Å². The molecule has 0 saturated carbocycles. The molecule has 0 aromatic heterocycles. The van der Waals surface area contributed by atoms with Crippen molar-refractivity contribution in [3.63, 3.8) is 0 Å². The molecular weight excluding hydrogens is 154 g/mol. The van der Waals surface area contributed by atoms with E-state index >= 15 is 0 Å². The van der Waals surface area contributed by atoms with Crippen LogP contribution in [0.3, 0.4) is 0 Å². The minimum Gasteiger partial charge on any atom is -0.446 e. The molecule has 0 fully saturated rings. The molecule has 0 aromatic rings. The molecule has 2 unspecified atom stereocenters. The minimum absolute atomic E-state index is 0.0487. The van der Waals surface area contributed by atoms with Crippen molar-refractivity contribution in [3.8, 4) is 0 Å². The summed E-state index contributed by atoms with van der Waals surface area (Å²) in [6, 6.07) is 0. The Hall–Kier alpha value is -0.730. The molecule has 0 aliphatic carbocycles. The van der Waals surface area contributed by atoms with Crippen LogP contribution in [0, 0.1) is 5.92 Å². The lowest BCUT2D eigenvalue weighted by Gasteiger charge is -2.21. The third kappa shape index (κ3) is 4.21. The van der Waals surface area contributed by atoms with Crippen molar-refractivity contribution in [3.05, 3.63) is 0 Å². The normalized spacial score (nSPS) is 15.2. The molecule has 72 valence electrons. The molecule has 2 atom stereocenters. The van der Waals surface area contributed by atoms with Gasteiger partial charge in [-0.05, 0) is 25.7 Å². The van der Waals surface area contributed by atoms with Gasteiger partial charge in [0.05, 0.1) is 0 Å². The summed E-state index contributed by atoms with van der Waals surface area (Å²) < 4.78 is 4.89. The van der Waals surface area contributed by atoms with E-state index in [1.165, 1.54) is 0 Å². The van der Waals surface area contributed by atoms with Gasteiger partial charge in [0, 0.05) is 0 Å². The van der Waals surface area contributed by atoms with E-state index in [2.05, 4.69) is 13.8 Å². The third-order valence-electron chi connectivity index (χ3n) is 2.15. The Morgan fingerprint density at radius 1 is 1.50 bits per heavy atom. The highest BCUT2D eigenvalue weighted by Crippen LogP contribution is 2.17. The number of primary amides is 1. The van der Waals surface area contributed by atoms with Crippen molar-refractivity contribution in [2.45, 2.75) is 46.1 Å². The van der Waals surface area contributed by atoms with Crippen LogP contribution in [0.4, 0.5) is 4.79 Å². The molecule has 0 rings (SSSR count). The lowest BCUT2D eigenvalue weighted by Crippen LogP contribution is -2.26. The van der Waals surface area contributed by atoms with E-state index in [1.54, 1.807) is 0 Å². The average Bonchev–Trinajstić information content (AvgIpc) is 1.98. The van der Waals surface area contributed by atoms with Gasteiger partial charge in [-0.25, -0.2) is 4.79 Å². The lowest BCUT2D eigenvalue weighted by atomic mass is 9.95. The predicted molar refractivity (Wildman–Crippen MR) is 48.8 cm³/mol. The topological polar surface area (TPSA) is 52.3 Å². The van der Waals surface area contributed by atoms with E-state index in [-0.39, 0.29) is 6.10 Å². The summed E-state index contributed by atoms with van der Waals surface area (Å²) in [6.07, 6.45) is 2.52. The van der Waals surface area contributed by atoms with Crippen LogP contribution in [0.1, 0.15) is 40.0 Å². The van der Waals surface area contributed by atoms with E-state index < -0.39 is 6.09 Å². The number of amides is 1. The number of rotatable bonds is 5. The summed E-state index contributed by atoms with van der Waals surface area (Å²) in [4.78, 5) is 10.4. The second-order valence-electron chi connectivity index (χ2n) is 3.10. The third-order valence-corrected chi connectivity index (χ3v) is 2.15. The van der Waals surface area contributed by atoms with Gasteiger partial charge in [-0.3, -0.25) is 0 Å². The number of hydrogen-bond acceptors (Lipinski definition) is 2. The second-order valence-corrected chi connectivity index (χ2v) is 3.10. The maximum absolute atomic E-state index is 10.4. The summed E-state index contributed by atoms with van der Waals surface area (Å²) in [5.41, 5.74) is 4.92. The molecule has 0 aromatic carbocycles. The zero-order chi connectivity index (χ0) is 9.56. The SMILES string of the molecule is CCCC(CC)C(C)OC(N)=O. The van der Waals surface area contributed by atoms with Crippen molar-refractivity contribution in [1.29, 1.82) is 0 Å². The van der Waals surface area contributed by atoms with Crippen LogP contribution in [-0.2, 0) is 4.74 Å². The molecule has 0 radical (unpaired) electrons. The Morgan fingerprint density at radius 2 is 2.08 bits per heavy atom. The number of ether oxygens (including phenoxy) is 1. The highest BCUT2D eigenvalue weighted by Gasteiger charge is 2.16. The molecule has 0 aliphatic rings. The van der Waals surface area contributed by atoms with Crippen LogP contribution >= 0.6 is 0 Å². The second kappa shape index (κ2) is 5.86. The summed E-state index contributed by atoms with van der Waals surface area (Å²) in [6.45, 7) is 6.12. The van der Waals surface area contributed by atoms with Gasteiger partial charge in [0.1, 0.15) is 6.10 Å². The van der Waals surface area contributed by atoms with E-state index in [0.717, 1.165) is 19.3 Å². The first-order valence-electron chi connectivity index (χ1n) is 4.57. The van der Waals surface area contributed by atoms with Crippen LogP contribution in [-0.4, -0.2) is 12.2 Å². The van der Waals surface area contributed by atoms with Gasteiger partial charge in [-0.15, -0.1) is 0 Å². The highest BCUT2D eigenvalue weighted by molar-refractivity contribution is 5.64. The van der Waals surface area contributed by atoms with Crippen molar-refractivity contribution in [1.82, 2.24) is 0 Å². The maximum Gasteiger partial charge on any atom is 0.404 e. The smallest absolute Gasteiger partial charge is 0.404 e. The zero-order valence-electron chi connectivity index (χ0n) is 8.17. The van der Waals surface area contributed by atoms with E-state index in [9.17, 15) is 4.79 Å². The first-order chi connectivity index (χ1) is 5.61. The molecule has 3 heteroatoms. The standard InChI is InChI=1S/C9H19NO2/c1-4-6-8(5-2)7(3)12-9(10)11/h7-8H,4-6H2,1-3H3,(H2,10,11). The fourth-order valence-corrected chi connectivity index (χ4v) is 1.42. The van der Waals surface area contributed by atoms with Gasteiger partial charge < -0.3 is 10.5 Å². The molecule has 3 nitrogen and oxygen atoms in total. The molecule has 0 heterocycles. The van der Waals surface area contributed by atoms with Crippen molar-refractivity contribution in [2.24, 2.45) is 11.7 Å². The fourth-order valence-electron chi connectivity index (χ4n) is 1.42. The number of carbonyl (C=O) groups excluding carboxylic acids is 1. The van der Waals surface area contributed by atoms with Crippen molar-refractivity contribution >= 4 is 6.09 Å². The van der Waals surface area contributed by atoms with Gasteiger partial charge in [-0.2, -0.15) is 0 Å². The largest absolute Gasteiger partial charge is 0.446 e. The summed E-state index contributed by atoms with van der Waals surface area (Å²) in [5.74, 6) is 0.447. The van der Waals surface area contributed by atoms with Gasteiger partial charge in [0.15, 0.2) is 0 Å². The monoisotopic (exact) mass is 173 g/mol. The Balaban J connectivity index is 3.84. The van der Waals surface area contributed by atoms with Crippen LogP contribution in [0.5, 0.6) is 0 Å². The minimum atomic E-state index is -0.669. The average molecular weight is 173 g/mol. The highest BCUT2D eigenvalue weighted by atomic mass is 16.6. The number of carbonyl (C=O) groups is 1. The van der Waals surface area contributed by atoms with Crippen molar-refractivity contribution in [2.75, 3.05) is 0 Å². The quantitative estimate of drug-likeness (QED) is 0.693. The molecule has 0 bridgehead atoms. The van der Waals surface area contributed by atoms with Crippen LogP contribution < -0.4 is 5.73 Å². The molecule has 12 heavy (non-hydrogen) atoms. The van der Waals surface area contributed by atoms with Gasteiger partial charge in [-0.1, -0.05) is 20.3 Å². The Bertz CT molecular complexity index is 136. The molecule has 1 amide bonds. The lowest BCUT2D eigenvalue weighted by molar-refractivity contribution is 0.0750.